The molecule has 7 heteroatoms. The molecule has 7 nitrogen and oxygen atoms in total. The number of rotatable bonds is 11. The minimum absolute atomic E-state index is 0.0331. The van der Waals surface area contributed by atoms with Crippen molar-refractivity contribution in [1.29, 1.82) is 0 Å². The van der Waals surface area contributed by atoms with Crippen LogP contribution >= 0.6 is 0 Å². The number of carbonyl (C=O) groups is 1. The standard InChI is InChI=1S/C27H40O7/c1-18(2)34-27(30)9-4-6-19-10-12-24-23(25(29)15-26(24)33-16-19)13-11-20(28)17-32-22-8-5-7-21(14-22)31-3/h5,7-8,11,13-14,18-20,23-26,28-29H,4,6,9-10,12,15-17H2,1-3H3/b13-11+/t19-,20+,23+,24+,25+,26-/m0/s1. The lowest BCUT2D eigenvalue weighted by molar-refractivity contribution is -0.147. The third-order valence-electron chi connectivity index (χ3n) is 6.72. The molecule has 1 aliphatic carbocycles. The van der Waals surface area contributed by atoms with Gasteiger partial charge in [-0.3, -0.25) is 4.79 Å². The maximum atomic E-state index is 11.8. The van der Waals surface area contributed by atoms with Gasteiger partial charge in [0, 0.05) is 31.4 Å². The van der Waals surface area contributed by atoms with Crippen LogP contribution in [-0.2, 0) is 14.3 Å². The Morgan fingerprint density at radius 3 is 2.82 bits per heavy atom. The van der Waals surface area contributed by atoms with Crippen LogP contribution in [0.2, 0.25) is 0 Å². The molecule has 1 aromatic carbocycles. The number of methoxy groups -OCH3 is 1. The summed E-state index contributed by atoms with van der Waals surface area (Å²) in [5, 5.41) is 21.0. The second kappa shape index (κ2) is 13.1. The van der Waals surface area contributed by atoms with Crippen LogP contribution in [0.1, 0.15) is 52.4 Å². The average Bonchev–Trinajstić information content (AvgIpc) is 2.97. The molecular formula is C27H40O7. The molecule has 1 saturated heterocycles. The average molecular weight is 477 g/mol. The van der Waals surface area contributed by atoms with Gasteiger partial charge in [-0.25, -0.2) is 0 Å². The molecule has 1 aliphatic heterocycles. The summed E-state index contributed by atoms with van der Waals surface area (Å²) in [5.74, 6) is 1.80. The van der Waals surface area contributed by atoms with Crippen LogP contribution < -0.4 is 9.47 Å². The zero-order valence-corrected chi connectivity index (χ0v) is 20.6. The summed E-state index contributed by atoms with van der Waals surface area (Å²) >= 11 is 0. The van der Waals surface area contributed by atoms with Crippen LogP contribution in [0.5, 0.6) is 11.5 Å². The molecule has 0 amide bonds. The summed E-state index contributed by atoms with van der Waals surface area (Å²) in [4.78, 5) is 11.8. The summed E-state index contributed by atoms with van der Waals surface area (Å²) in [6.45, 7) is 4.52. The van der Waals surface area contributed by atoms with Crippen molar-refractivity contribution >= 4 is 5.97 Å². The Hall–Kier alpha value is -2.09. The SMILES string of the molecule is COc1cccc(OC[C@H](O)/C=C/[C@@H]2[C@H]3CC[C@H](CCCC(=O)OC(C)C)CO[C@H]3C[C@H]2O)c1. The van der Waals surface area contributed by atoms with Gasteiger partial charge in [0.25, 0.3) is 0 Å². The van der Waals surface area contributed by atoms with E-state index in [0.717, 1.165) is 25.7 Å². The van der Waals surface area contributed by atoms with Gasteiger partial charge in [0.05, 0.1) is 25.4 Å². The van der Waals surface area contributed by atoms with Crippen molar-refractivity contribution in [3.8, 4) is 11.5 Å². The van der Waals surface area contributed by atoms with Gasteiger partial charge in [-0.1, -0.05) is 18.2 Å². The Morgan fingerprint density at radius 2 is 2.06 bits per heavy atom. The predicted octanol–water partition coefficient (Wildman–Crippen LogP) is 3.91. The molecule has 1 heterocycles. The van der Waals surface area contributed by atoms with E-state index in [2.05, 4.69) is 0 Å². The molecule has 190 valence electrons. The van der Waals surface area contributed by atoms with Crippen LogP contribution in [0, 0.1) is 17.8 Å². The highest BCUT2D eigenvalue weighted by Gasteiger charge is 2.43. The van der Waals surface area contributed by atoms with Gasteiger partial charge >= 0.3 is 5.97 Å². The van der Waals surface area contributed by atoms with Gasteiger partial charge in [-0.05, 0) is 63.5 Å². The number of aliphatic hydroxyl groups excluding tert-OH is 2. The first-order chi connectivity index (χ1) is 16.4. The second-order valence-corrected chi connectivity index (χ2v) is 9.73. The molecule has 1 aromatic rings. The van der Waals surface area contributed by atoms with Crippen molar-refractivity contribution in [2.75, 3.05) is 20.3 Å². The van der Waals surface area contributed by atoms with Crippen molar-refractivity contribution < 1.29 is 34.0 Å². The minimum atomic E-state index is -0.775. The lowest BCUT2D eigenvalue weighted by atomic mass is 9.86. The van der Waals surface area contributed by atoms with Gasteiger partial charge in [0.1, 0.15) is 24.2 Å². The van der Waals surface area contributed by atoms with E-state index in [1.807, 2.05) is 38.1 Å². The Kier molecular flexibility index (Phi) is 10.2. The van der Waals surface area contributed by atoms with Gasteiger partial charge in [-0.2, -0.15) is 0 Å². The highest BCUT2D eigenvalue weighted by molar-refractivity contribution is 5.69. The number of carbonyl (C=O) groups excluding carboxylic acids is 1. The molecule has 1 saturated carbocycles. The van der Waals surface area contributed by atoms with E-state index in [4.69, 9.17) is 18.9 Å². The summed E-state index contributed by atoms with van der Waals surface area (Å²) in [5.41, 5.74) is 0. The zero-order valence-electron chi connectivity index (χ0n) is 20.6. The number of benzene rings is 1. The molecule has 0 unspecified atom stereocenters. The van der Waals surface area contributed by atoms with Crippen molar-refractivity contribution in [2.24, 2.45) is 17.8 Å². The van der Waals surface area contributed by atoms with Gasteiger partial charge in [0.2, 0.25) is 0 Å². The number of ether oxygens (including phenoxy) is 4. The van der Waals surface area contributed by atoms with E-state index >= 15 is 0 Å². The van der Waals surface area contributed by atoms with E-state index < -0.39 is 12.2 Å². The molecule has 0 spiro atoms. The van der Waals surface area contributed by atoms with Crippen LogP contribution in [0.3, 0.4) is 0 Å². The quantitative estimate of drug-likeness (QED) is 0.369. The zero-order chi connectivity index (χ0) is 24.5. The molecular weight excluding hydrogens is 436 g/mol. The third kappa shape index (κ3) is 8.00. The highest BCUT2D eigenvalue weighted by atomic mass is 16.5. The lowest BCUT2D eigenvalue weighted by Crippen LogP contribution is -2.22. The van der Waals surface area contributed by atoms with E-state index in [-0.39, 0.29) is 36.6 Å². The fourth-order valence-corrected chi connectivity index (χ4v) is 4.98. The maximum absolute atomic E-state index is 11.8. The molecule has 2 aliphatic rings. The molecule has 2 fully saturated rings. The second-order valence-electron chi connectivity index (χ2n) is 9.73. The van der Waals surface area contributed by atoms with E-state index in [0.29, 0.717) is 36.9 Å². The van der Waals surface area contributed by atoms with Gasteiger partial charge < -0.3 is 29.2 Å². The first-order valence-corrected chi connectivity index (χ1v) is 12.5. The Morgan fingerprint density at radius 1 is 1.26 bits per heavy atom. The summed E-state index contributed by atoms with van der Waals surface area (Å²) in [6.07, 6.45) is 7.15. The first kappa shape index (κ1) is 26.5. The summed E-state index contributed by atoms with van der Waals surface area (Å²) in [6, 6.07) is 7.26. The van der Waals surface area contributed by atoms with Crippen molar-refractivity contribution in [3.05, 3.63) is 36.4 Å². The molecule has 3 rings (SSSR count). The van der Waals surface area contributed by atoms with Crippen LogP contribution in [-0.4, -0.2) is 60.9 Å². The third-order valence-corrected chi connectivity index (χ3v) is 6.72. The van der Waals surface area contributed by atoms with E-state index in [9.17, 15) is 15.0 Å². The van der Waals surface area contributed by atoms with Crippen LogP contribution in [0.15, 0.2) is 36.4 Å². The molecule has 2 N–H and O–H groups in total. The van der Waals surface area contributed by atoms with E-state index in [1.54, 1.807) is 19.3 Å². The number of aliphatic hydroxyl groups is 2. The maximum Gasteiger partial charge on any atom is 0.306 e. The van der Waals surface area contributed by atoms with Crippen molar-refractivity contribution in [3.63, 3.8) is 0 Å². The Bertz CT molecular complexity index is 793. The monoisotopic (exact) mass is 476 g/mol. The van der Waals surface area contributed by atoms with E-state index in [1.165, 1.54) is 0 Å². The van der Waals surface area contributed by atoms with Gasteiger partial charge in [-0.15, -0.1) is 0 Å². The fraction of sp³-hybridized carbons (Fsp3) is 0.667. The fourth-order valence-electron chi connectivity index (χ4n) is 4.98. The minimum Gasteiger partial charge on any atom is -0.497 e. The number of fused-ring (bicyclic) bond motifs is 1. The number of hydrogen-bond donors (Lipinski definition) is 2. The molecule has 0 bridgehead atoms. The summed E-state index contributed by atoms with van der Waals surface area (Å²) in [7, 11) is 1.60. The van der Waals surface area contributed by atoms with Crippen LogP contribution in [0.25, 0.3) is 0 Å². The number of hydrogen-bond acceptors (Lipinski definition) is 7. The predicted molar refractivity (Wildman–Crippen MR) is 129 cm³/mol. The Labute approximate surface area is 203 Å². The first-order valence-electron chi connectivity index (χ1n) is 12.5. The largest absolute Gasteiger partial charge is 0.497 e. The van der Waals surface area contributed by atoms with Crippen molar-refractivity contribution in [1.82, 2.24) is 0 Å². The molecule has 34 heavy (non-hydrogen) atoms. The normalized spacial score (nSPS) is 27.9. The molecule has 6 atom stereocenters. The lowest BCUT2D eigenvalue weighted by Gasteiger charge is -2.21. The van der Waals surface area contributed by atoms with Gasteiger partial charge in [0.15, 0.2) is 0 Å². The summed E-state index contributed by atoms with van der Waals surface area (Å²) < 4.78 is 22.2. The Balaban J connectivity index is 1.45. The topological polar surface area (TPSA) is 94.5 Å². The number of esters is 1. The highest BCUT2D eigenvalue weighted by Crippen LogP contribution is 2.42. The molecule has 0 aromatic heterocycles. The smallest absolute Gasteiger partial charge is 0.306 e. The van der Waals surface area contributed by atoms with Crippen LogP contribution in [0.4, 0.5) is 0 Å². The molecule has 0 radical (unpaired) electrons. The van der Waals surface area contributed by atoms with Crippen molar-refractivity contribution in [2.45, 2.75) is 76.8 Å².